The van der Waals surface area contributed by atoms with Crippen LogP contribution in [-0.2, 0) is 6.54 Å². The number of carbonyl (C=O) groups is 1. The zero-order chi connectivity index (χ0) is 13.7. The highest BCUT2D eigenvalue weighted by Crippen LogP contribution is 2.25. The van der Waals surface area contributed by atoms with Crippen LogP contribution in [0.15, 0.2) is 42.7 Å². The molecule has 19 heavy (non-hydrogen) atoms. The van der Waals surface area contributed by atoms with Gasteiger partial charge in [-0.15, -0.1) is 0 Å². The van der Waals surface area contributed by atoms with Gasteiger partial charge in [0.1, 0.15) is 6.61 Å². The minimum absolute atomic E-state index is 0.275. The van der Waals surface area contributed by atoms with Gasteiger partial charge in [-0.1, -0.05) is 12.1 Å². The van der Waals surface area contributed by atoms with Crippen molar-refractivity contribution in [2.45, 2.75) is 6.54 Å². The molecule has 0 aliphatic rings. The molecule has 100 valence electrons. The lowest BCUT2D eigenvalue weighted by molar-refractivity contribution is 0.0697. The van der Waals surface area contributed by atoms with Crippen LogP contribution >= 0.6 is 0 Å². The first-order chi connectivity index (χ1) is 9.20. The van der Waals surface area contributed by atoms with Crippen LogP contribution in [0.25, 0.3) is 0 Å². The topological polar surface area (TPSA) is 60.7 Å². The van der Waals surface area contributed by atoms with E-state index in [1.54, 1.807) is 30.1 Å². The molecule has 2 aromatic rings. The van der Waals surface area contributed by atoms with Crippen molar-refractivity contribution >= 4 is 5.97 Å². The summed E-state index contributed by atoms with van der Waals surface area (Å²) in [4.78, 5) is 10.7. The van der Waals surface area contributed by atoms with Crippen molar-refractivity contribution in [2.24, 2.45) is 0 Å². The predicted molar refractivity (Wildman–Crippen MR) is 69.9 cm³/mol. The average molecular weight is 261 g/mol. The summed E-state index contributed by atoms with van der Waals surface area (Å²) in [6.07, 6.45) is 3.29. The normalized spacial score (nSPS) is 10.2. The van der Waals surface area contributed by atoms with Crippen LogP contribution in [-0.4, -0.2) is 29.4 Å². The second kappa shape index (κ2) is 5.95. The van der Waals surface area contributed by atoms with Gasteiger partial charge in [-0.05, 0) is 18.2 Å². The first-order valence-corrected chi connectivity index (χ1v) is 5.85. The predicted octanol–water partition coefficient (Wildman–Crippen LogP) is 2.27. The molecule has 0 amide bonds. The van der Waals surface area contributed by atoms with Gasteiger partial charge >= 0.3 is 5.97 Å². The van der Waals surface area contributed by atoms with E-state index in [0.29, 0.717) is 24.7 Å². The summed E-state index contributed by atoms with van der Waals surface area (Å²) >= 11 is 0. The molecule has 0 bridgehead atoms. The second-order valence-electron chi connectivity index (χ2n) is 3.94. The molecule has 1 heterocycles. The molecule has 0 radical (unpaired) electrons. The van der Waals surface area contributed by atoms with Crippen LogP contribution in [0.4, 0.5) is 0 Å². The summed E-state index contributed by atoms with van der Waals surface area (Å²) < 4.78 is 12.6. The lowest BCUT2D eigenvalue weighted by Crippen LogP contribution is -2.07. The van der Waals surface area contributed by atoms with Gasteiger partial charge < -0.3 is 19.1 Å². The molecular weight excluding hydrogens is 246 g/mol. The van der Waals surface area contributed by atoms with Gasteiger partial charge in [-0.25, -0.2) is 4.79 Å². The smallest absolute Gasteiger partial charge is 0.337 e. The van der Waals surface area contributed by atoms with Crippen molar-refractivity contribution < 1.29 is 19.4 Å². The van der Waals surface area contributed by atoms with Crippen LogP contribution in [0.5, 0.6) is 11.5 Å². The molecule has 5 heteroatoms. The fourth-order valence-corrected chi connectivity index (χ4v) is 1.71. The fourth-order valence-electron chi connectivity index (χ4n) is 1.71. The Kier molecular flexibility index (Phi) is 4.07. The van der Waals surface area contributed by atoms with Crippen molar-refractivity contribution in [3.63, 3.8) is 0 Å². The number of carboxylic acids is 1. The van der Waals surface area contributed by atoms with Crippen LogP contribution < -0.4 is 9.47 Å². The maximum Gasteiger partial charge on any atom is 0.337 e. The third-order valence-electron chi connectivity index (χ3n) is 2.67. The molecule has 1 aromatic heterocycles. The van der Waals surface area contributed by atoms with Gasteiger partial charge in [-0.3, -0.25) is 0 Å². The molecule has 0 saturated carbocycles. The van der Waals surface area contributed by atoms with E-state index in [1.807, 2.05) is 24.3 Å². The van der Waals surface area contributed by atoms with Gasteiger partial charge in [0.2, 0.25) is 0 Å². The van der Waals surface area contributed by atoms with E-state index in [1.165, 1.54) is 0 Å². The Hall–Kier alpha value is -2.43. The van der Waals surface area contributed by atoms with Crippen molar-refractivity contribution in [1.82, 2.24) is 4.57 Å². The minimum atomic E-state index is -0.926. The Morgan fingerprint density at radius 1 is 1.26 bits per heavy atom. The highest BCUT2D eigenvalue weighted by atomic mass is 16.5. The summed E-state index contributed by atoms with van der Waals surface area (Å²) in [6.45, 7) is 1.01. The van der Waals surface area contributed by atoms with Gasteiger partial charge in [0, 0.05) is 12.4 Å². The van der Waals surface area contributed by atoms with E-state index in [2.05, 4.69) is 0 Å². The molecule has 2 rings (SSSR count). The molecule has 0 aliphatic heterocycles. The summed E-state index contributed by atoms with van der Waals surface area (Å²) in [5, 5.41) is 8.81. The van der Waals surface area contributed by atoms with E-state index < -0.39 is 5.97 Å². The van der Waals surface area contributed by atoms with Crippen LogP contribution in [0.3, 0.4) is 0 Å². The fraction of sp³-hybridized carbons (Fsp3) is 0.214. The van der Waals surface area contributed by atoms with Gasteiger partial charge in [0.05, 0.1) is 19.2 Å². The first-order valence-electron chi connectivity index (χ1n) is 5.85. The molecular formula is C14H15NO4. The number of hydrogen-bond acceptors (Lipinski definition) is 3. The molecule has 0 fully saturated rings. The van der Waals surface area contributed by atoms with Crippen molar-refractivity contribution in [3.05, 3.63) is 48.3 Å². The van der Waals surface area contributed by atoms with Gasteiger partial charge in [0.15, 0.2) is 11.5 Å². The maximum absolute atomic E-state index is 10.7. The van der Waals surface area contributed by atoms with Crippen molar-refractivity contribution in [3.8, 4) is 11.5 Å². The lowest BCUT2D eigenvalue weighted by atomic mass is 10.3. The van der Waals surface area contributed by atoms with E-state index in [0.717, 1.165) is 0 Å². The van der Waals surface area contributed by atoms with Crippen LogP contribution in [0, 0.1) is 0 Å². The van der Waals surface area contributed by atoms with E-state index in [9.17, 15) is 4.79 Å². The summed E-state index contributed by atoms with van der Waals surface area (Å²) in [5.74, 6) is 0.432. The number of benzene rings is 1. The second-order valence-corrected chi connectivity index (χ2v) is 3.94. The number of ether oxygens (including phenoxy) is 2. The van der Waals surface area contributed by atoms with Crippen molar-refractivity contribution in [2.75, 3.05) is 13.7 Å². The highest BCUT2D eigenvalue weighted by Gasteiger charge is 2.05. The molecule has 5 nitrogen and oxygen atoms in total. The monoisotopic (exact) mass is 261 g/mol. The summed E-state index contributed by atoms with van der Waals surface area (Å²) in [5.41, 5.74) is 0.275. The molecule has 0 saturated heterocycles. The molecule has 0 aliphatic carbocycles. The molecule has 1 N–H and O–H groups in total. The van der Waals surface area contributed by atoms with E-state index in [-0.39, 0.29) is 5.56 Å². The number of rotatable bonds is 6. The number of hydrogen-bond donors (Lipinski definition) is 1. The number of methoxy groups -OCH3 is 1. The number of aromatic carboxylic acids is 1. The highest BCUT2D eigenvalue weighted by molar-refractivity contribution is 5.87. The largest absolute Gasteiger partial charge is 0.493 e. The summed E-state index contributed by atoms with van der Waals surface area (Å²) in [6, 6.07) is 8.96. The molecule has 0 unspecified atom stereocenters. The molecule has 1 aromatic carbocycles. The Morgan fingerprint density at radius 2 is 2.00 bits per heavy atom. The Bertz CT molecular complexity index is 562. The quantitative estimate of drug-likeness (QED) is 0.866. The van der Waals surface area contributed by atoms with Crippen LogP contribution in [0.2, 0.25) is 0 Å². The Balaban J connectivity index is 1.90. The number of aromatic nitrogens is 1. The van der Waals surface area contributed by atoms with Gasteiger partial charge in [0.25, 0.3) is 0 Å². The number of para-hydroxylation sites is 2. The van der Waals surface area contributed by atoms with Crippen LogP contribution in [0.1, 0.15) is 10.4 Å². The first kappa shape index (κ1) is 13.0. The lowest BCUT2D eigenvalue weighted by Gasteiger charge is -2.10. The number of carboxylic acid groups (broad SMARTS) is 1. The molecule has 0 atom stereocenters. The number of nitrogens with zero attached hydrogens (tertiary/aromatic N) is 1. The Morgan fingerprint density at radius 3 is 2.63 bits per heavy atom. The zero-order valence-corrected chi connectivity index (χ0v) is 10.6. The minimum Gasteiger partial charge on any atom is -0.493 e. The van der Waals surface area contributed by atoms with E-state index in [4.69, 9.17) is 14.6 Å². The molecule has 0 spiro atoms. The third-order valence-corrected chi connectivity index (χ3v) is 2.67. The Labute approximate surface area is 111 Å². The SMILES string of the molecule is COc1ccccc1OCCn1ccc(C(=O)O)c1. The standard InChI is InChI=1S/C14H15NO4/c1-18-12-4-2-3-5-13(12)19-9-8-15-7-6-11(10-15)14(16)17/h2-7,10H,8-9H2,1H3,(H,16,17). The van der Waals surface area contributed by atoms with Gasteiger partial charge in [-0.2, -0.15) is 0 Å². The average Bonchev–Trinajstić information content (AvgIpc) is 2.88. The van der Waals surface area contributed by atoms with E-state index >= 15 is 0 Å². The maximum atomic E-state index is 10.7. The van der Waals surface area contributed by atoms with Crippen molar-refractivity contribution in [1.29, 1.82) is 0 Å². The third kappa shape index (κ3) is 3.28. The zero-order valence-electron chi connectivity index (χ0n) is 10.6. The summed E-state index contributed by atoms with van der Waals surface area (Å²) in [7, 11) is 1.59.